The average molecular weight is 287 g/mol. The van der Waals surface area contributed by atoms with Crippen LogP contribution in [-0.4, -0.2) is 40.1 Å². The molecule has 0 radical (unpaired) electrons. The molecule has 0 saturated carbocycles. The molecule has 106 valence electrons. The number of urea groups is 1. The summed E-state index contributed by atoms with van der Waals surface area (Å²) in [6.07, 6.45) is 0. The SMILES string of the molecule is CC1(N2C(=O)c3ccccc3C2=O)C(=O)NC(=O)NC1=O. The summed E-state index contributed by atoms with van der Waals surface area (Å²) in [4.78, 5) is 60.4. The maximum Gasteiger partial charge on any atom is 0.328 e. The minimum atomic E-state index is -2.11. The lowest BCUT2D eigenvalue weighted by molar-refractivity contribution is -0.142. The van der Waals surface area contributed by atoms with Crippen molar-refractivity contribution >= 4 is 29.7 Å². The van der Waals surface area contributed by atoms with Crippen LogP contribution in [0.4, 0.5) is 4.79 Å². The number of rotatable bonds is 1. The van der Waals surface area contributed by atoms with Crippen LogP contribution in [0.2, 0.25) is 0 Å². The maximum absolute atomic E-state index is 12.3. The van der Waals surface area contributed by atoms with E-state index in [1.165, 1.54) is 12.1 Å². The highest BCUT2D eigenvalue weighted by Gasteiger charge is 2.58. The minimum absolute atomic E-state index is 0.112. The van der Waals surface area contributed by atoms with Gasteiger partial charge in [-0.2, -0.15) is 0 Å². The molecule has 1 saturated heterocycles. The van der Waals surface area contributed by atoms with Crippen LogP contribution in [-0.2, 0) is 9.59 Å². The van der Waals surface area contributed by atoms with Crippen LogP contribution < -0.4 is 10.6 Å². The first kappa shape index (κ1) is 13.0. The van der Waals surface area contributed by atoms with Crippen LogP contribution in [0.15, 0.2) is 24.3 Å². The van der Waals surface area contributed by atoms with Crippen molar-refractivity contribution in [2.24, 2.45) is 0 Å². The Hall–Kier alpha value is -3.03. The molecule has 3 rings (SSSR count). The quantitative estimate of drug-likeness (QED) is 0.529. The first-order chi connectivity index (χ1) is 9.87. The van der Waals surface area contributed by atoms with Gasteiger partial charge in [-0.05, 0) is 19.1 Å². The predicted octanol–water partition coefficient (Wildman–Crippen LogP) is -0.593. The number of carbonyl (C=O) groups excluding carboxylic acids is 5. The van der Waals surface area contributed by atoms with E-state index in [-0.39, 0.29) is 11.1 Å². The Morgan fingerprint density at radius 2 is 1.29 bits per heavy atom. The molecule has 2 N–H and O–H groups in total. The van der Waals surface area contributed by atoms with Crippen LogP contribution in [0.5, 0.6) is 0 Å². The van der Waals surface area contributed by atoms with Gasteiger partial charge in [-0.1, -0.05) is 12.1 Å². The molecule has 8 heteroatoms. The van der Waals surface area contributed by atoms with E-state index in [9.17, 15) is 24.0 Å². The van der Waals surface area contributed by atoms with E-state index in [2.05, 4.69) is 0 Å². The molecule has 1 aromatic rings. The normalized spacial score (nSPS) is 20.2. The number of hydrogen-bond acceptors (Lipinski definition) is 5. The highest BCUT2D eigenvalue weighted by molar-refractivity contribution is 6.30. The molecule has 8 nitrogen and oxygen atoms in total. The van der Waals surface area contributed by atoms with Gasteiger partial charge >= 0.3 is 6.03 Å². The van der Waals surface area contributed by atoms with Gasteiger partial charge in [0.1, 0.15) is 0 Å². The van der Waals surface area contributed by atoms with Gasteiger partial charge in [0.15, 0.2) is 0 Å². The zero-order valence-corrected chi connectivity index (χ0v) is 10.8. The van der Waals surface area contributed by atoms with Crippen molar-refractivity contribution in [3.63, 3.8) is 0 Å². The second-order valence-electron chi connectivity index (χ2n) is 4.80. The van der Waals surface area contributed by atoms with Crippen LogP contribution >= 0.6 is 0 Å². The van der Waals surface area contributed by atoms with E-state index in [4.69, 9.17) is 0 Å². The number of benzene rings is 1. The summed E-state index contributed by atoms with van der Waals surface area (Å²) in [7, 11) is 0. The first-order valence-corrected chi connectivity index (χ1v) is 6.02. The fraction of sp³-hybridized carbons (Fsp3) is 0.154. The van der Waals surface area contributed by atoms with Gasteiger partial charge in [0.2, 0.25) is 5.54 Å². The van der Waals surface area contributed by atoms with E-state index in [0.29, 0.717) is 4.90 Å². The zero-order chi connectivity index (χ0) is 15.4. The van der Waals surface area contributed by atoms with Crippen molar-refractivity contribution in [1.29, 1.82) is 0 Å². The molecular weight excluding hydrogens is 278 g/mol. The van der Waals surface area contributed by atoms with Crippen molar-refractivity contribution in [3.8, 4) is 0 Å². The van der Waals surface area contributed by atoms with Crippen LogP contribution in [0.1, 0.15) is 27.6 Å². The van der Waals surface area contributed by atoms with Crippen LogP contribution in [0.25, 0.3) is 0 Å². The van der Waals surface area contributed by atoms with Gasteiger partial charge in [0.05, 0.1) is 11.1 Å². The lowest BCUT2D eigenvalue weighted by Gasteiger charge is -2.36. The highest BCUT2D eigenvalue weighted by atomic mass is 16.2. The van der Waals surface area contributed by atoms with Gasteiger partial charge in [0, 0.05) is 0 Å². The Morgan fingerprint density at radius 3 is 1.71 bits per heavy atom. The smallest absolute Gasteiger partial charge is 0.275 e. The summed E-state index contributed by atoms with van der Waals surface area (Å²) < 4.78 is 0. The van der Waals surface area contributed by atoms with E-state index in [1.54, 1.807) is 12.1 Å². The topological polar surface area (TPSA) is 113 Å². The van der Waals surface area contributed by atoms with E-state index in [0.717, 1.165) is 6.92 Å². The molecule has 2 aliphatic rings. The Kier molecular flexibility index (Phi) is 2.46. The highest BCUT2D eigenvalue weighted by Crippen LogP contribution is 2.30. The van der Waals surface area contributed by atoms with Gasteiger partial charge in [-0.3, -0.25) is 29.8 Å². The van der Waals surface area contributed by atoms with Crippen molar-refractivity contribution in [3.05, 3.63) is 35.4 Å². The molecule has 1 aromatic carbocycles. The fourth-order valence-electron chi connectivity index (χ4n) is 2.38. The Labute approximate surface area is 118 Å². The third kappa shape index (κ3) is 1.52. The third-order valence-corrected chi connectivity index (χ3v) is 3.58. The number of imide groups is 3. The van der Waals surface area contributed by atoms with E-state index in [1.807, 2.05) is 10.6 Å². The molecule has 0 aromatic heterocycles. The molecule has 0 aliphatic carbocycles. The summed E-state index contributed by atoms with van der Waals surface area (Å²) in [5, 5.41) is 3.78. The first-order valence-electron chi connectivity index (χ1n) is 6.02. The van der Waals surface area contributed by atoms with Crippen LogP contribution in [0, 0.1) is 0 Å². The Balaban J connectivity index is 2.12. The summed E-state index contributed by atoms with van der Waals surface area (Å²) in [5.41, 5.74) is -1.89. The van der Waals surface area contributed by atoms with E-state index < -0.39 is 35.2 Å². The summed E-state index contributed by atoms with van der Waals surface area (Å²) in [6, 6.07) is 5.02. The molecule has 0 bridgehead atoms. The summed E-state index contributed by atoms with van der Waals surface area (Å²) >= 11 is 0. The lowest BCUT2D eigenvalue weighted by Crippen LogP contribution is -2.72. The number of nitrogens with one attached hydrogen (secondary N) is 2. The van der Waals surface area contributed by atoms with Crippen molar-refractivity contribution in [1.82, 2.24) is 15.5 Å². The maximum atomic E-state index is 12.3. The second kappa shape index (κ2) is 3.98. The van der Waals surface area contributed by atoms with Crippen molar-refractivity contribution in [2.45, 2.75) is 12.5 Å². The summed E-state index contributed by atoms with van der Waals surface area (Å²) in [5.74, 6) is -3.55. The Morgan fingerprint density at radius 1 is 0.857 bits per heavy atom. The molecule has 2 heterocycles. The van der Waals surface area contributed by atoms with Gasteiger partial charge in [-0.15, -0.1) is 0 Å². The summed E-state index contributed by atoms with van der Waals surface area (Å²) in [6.45, 7) is 1.12. The minimum Gasteiger partial charge on any atom is -0.275 e. The molecule has 0 unspecified atom stereocenters. The standard InChI is InChI=1S/C13H9N3O5/c1-13(10(19)14-12(21)15-11(13)20)16-8(17)6-4-2-3-5-7(6)9(16)18/h2-5H,1H3,(H2,14,15,19,20,21). The molecule has 2 aliphatic heterocycles. The lowest BCUT2D eigenvalue weighted by atomic mass is 9.95. The fourth-order valence-corrected chi connectivity index (χ4v) is 2.38. The molecule has 0 spiro atoms. The number of amides is 6. The van der Waals surface area contributed by atoms with Gasteiger partial charge in [-0.25, -0.2) is 9.69 Å². The van der Waals surface area contributed by atoms with E-state index >= 15 is 0 Å². The molecule has 6 amide bonds. The molecule has 0 atom stereocenters. The zero-order valence-electron chi connectivity index (χ0n) is 10.8. The molecule has 1 fully saturated rings. The number of fused-ring (bicyclic) bond motifs is 1. The largest absolute Gasteiger partial charge is 0.328 e. The Bertz CT molecular complexity index is 684. The monoisotopic (exact) mass is 287 g/mol. The van der Waals surface area contributed by atoms with Crippen molar-refractivity contribution in [2.75, 3.05) is 0 Å². The number of nitrogens with zero attached hydrogens (tertiary/aromatic N) is 1. The second-order valence-corrected chi connectivity index (χ2v) is 4.80. The number of hydrogen-bond donors (Lipinski definition) is 2. The average Bonchev–Trinajstić information content (AvgIpc) is 2.69. The number of carbonyl (C=O) groups is 5. The van der Waals surface area contributed by atoms with Crippen molar-refractivity contribution < 1.29 is 24.0 Å². The predicted molar refractivity (Wildman–Crippen MR) is 67.0 cm³/mol. The van der Waals surface area contributed by atoms with Gasteiger partial charge in [0.25, 0.3) is 23.6 Å². The number of barbiturate groups is 1. The van der Waals surface area contributed by atoms with Gasteiger partial charge < -0.3 is 0 Å². The molecular formula is C13H9N3O5. The third-order valence-electron chi connectivity index (χ3n) is 3.58. The van der Waals surface area contributed by atoms with Crippen LogP contribution in [0.3, 0.4) is 0 Å². The molecule has 21 heavy (non-hydrogen) atoms.